The van der Waals surface area contributed by atoms with Crippen LogP contribution in [0.1, 0.15) is 46.9 Å². The van der Waals surface area contributed by atoms with Crippen LogP contribution in [0.5, 0.6) is 0 Å². The minimum Gasteiger partial charge on any atom is -0.507 e. The number of furan rings is 1. The molecular weight excluding hydrogens is 426 g/mol. The standard InChI is InChI=1S/C26H22ClNO4/c1-15-19(27)8-4-9-20(15)28-23(21-10-5-13-32-21)22(25(30)26(28)31)24(29)18-12-11-16-6-2-3-7-17(16)14-18/h4-5,8-14,23,29H,2-3,6-7H2,1H3/b24-22-. The molecule has 2 heterocycles. The lowest BCUT2D eigenvalue weighted by molar-refractivity contribution is -0.132. The average Bonchev–Trinajstić information content (AvgIpc) is 3.42. The molecule has 0 saturated carbocycles. The van der Waals surface area contributed by atoms with Crippen LogP contribution >= 0.6 is 11.6 Å². The van der Waals surface area contributed by atoms with Crippen molar-refractivity contribution in [3.8, 4) is 0 Å². The van der Waals surface area contributed by atoms with Gasteiger partial charge >= 0.3 is 0 Å². The van der Waals surface area contributed by atoms with Crippen molar-refractivity contribution in [3.63, 3.8) is 0 Å². The number of nitrogens with zero attached hydrogens (tertiary/aromatic N) is 1. The fraction of sp³-hybridized carbons (Fsp3) is 0.231. The minimum absolute atomic E-state index is 0.0140. The summed E-state index contributed by atoms with van der Waals surface area (Å²) in [5.41, 5.74) is 4.16. The number of hydrogen-bond donors (Lipinski definition) is 1. The SMILES string of the molecule is Cc1c(Cl)cccc1N1C(=O)C(=O)/C(=C(\O)c2ccc3c(c2)CCCC3)C1c1ccco1. The molecule has 3 aromatic rings. The van der Waals surface area contributed by atoms with E-state index in [1.807, 2.05) is 18.2 Å². The molecule has 5 nitrogen and oxygen atoms in total. The molecule has 1 atom stereocenters. The minimum atomic E-state index is -0.891. The fourth-order valence-electron chi connectivity index (χ4n) is 4.69. The molecule has 1 amide bonds. The van der Waals surface area contributed by atoms with Crippen molar-refractivity contribution in [1.82, 2.24) is 0 Å². The number of aliphatic hydroxyl groups is 1. The van der Waals surface area contributed by atoms with Crippen LogP contribution in [0.15, 0.2) is 64.8 Å². The molecule has 2 aliphatic rings. The van der Waals surface area contributed by atoms with E-state index in [2.05, 4.69) is 0 Å². The van der Waals surface area contributed by atoms with Crippen LogP contribution in [0.2, 0.25) is 5.02 Å². The molecule has 1 N–H and O–H groups in total. The lowest BCUT2D eigenvalue weighted by Crippen LogP contribution is -2.30. The number of anilines is 1. The Labute approximate surface area is 190 Å². The van der Waals surface area contributed by atoms with E-state index in [1.54, 1.807) is 37.3 Å². The first-order chi connectivity index (χ1) is 15.5. The third kappa shape index (κ3) is 3.24. The Balaban J connectivity index is 1.70. The van der Waals surface area contributed by atoms with Crippen LogP contribution in [0.25, 0.3) is 5.76 Å². The number of carbonyl (C=O) groups is 2. The first-order valence-electron chi connectivity index (χ1n) is 10.7. The summed E-state index contributed by atoms with van der Waals surface area (Å²) in [4.78, 5) is 27.8. The average molecular weight is 448 g/mol. The summed E-state index contributed by atoms with van der Waals surface area (Å²) >= 11 is 6.30. The Morgan fingerprint density at radius 2 is 1.84 bits per heavy atom. The highest BCUT2D eigenvalue weighted by atomic mass is 35.5. The van der Waals surface area contributed by atoms with Crippen molar-refractivity contribution in [2.45, 2.75) is 38.6 Å². The van der Waals surface area contributed by atoms with Crippen LogP contribution in [0.4, 0.5) is 5.69 Å². The zero-order valence-electron chi connectivity index (χ0n) is 17.6. The molecule has 1 aliphatic heterocycles. The van der Waals surface area contributed by atoms with Crippen molar-refractivity contribution in [3.05, 3.63) is 93.4 Å². The van der Waals surface area contributed by atoms with Gasteiger partial charge in [0.25, 0.3) is 11.7 Å². The number of hydrogen-bond acceptors (Lipinski definition) is 4. The molecule has 5 rings (SSSR count). The predicted octanol–water partition coefficient (Wildman–Crippen LogP) is 5.75. The zero-order chi connectivity index (χ0) is 22.4. The van der Waals surface area contributed by atoms with E-state index in [-0.39, 0.29) is 11.3 Å². The summed E-state index contributed by atoms with van der Waals surface area (Å²) in [6.45, 7) is 1.79. The highest BCUT2D eigenvalue weighted by molar-refractivity contribution is 6.52. The molecule has 0 bridgehead atoms. The molecular formula is C26H22ClNO4. The van der Waals surface area contributed by atoms with Crippen molar-refractivity contribution in [1.29, 1.82) is 0 Å². The monoisotopic (exact) mass is 447 g/mol. The van der Waals surface area contributed by atoms with Crippen molar-refractivity contribution < 1.29 is 19.1 Å². The van der Waals surface area contributed by atoms with E-state index in [4.69, 9.17) is 16.0 Å². The van der Waals surface area contributed by atoms with E-state index in [1.165, 1.54) is 22.3 Å². The Morgan fingerprint density at radius 1 is 1.06 bits per heavy atom. The summed E-state index contributed by atoms with van der Waals surface area (Å²) in [7, 11) is 0. The number of halogens is 1. The zero-order valence-corrected chi connectivity index (χ0v) is 18.4. The van der Waals surface area contributed by atoms with Gasteiger partial charge in [0.15, 0.2) is 0 Å². The maximum absolute atomic E-state index is 13.2. The molecule has 0 radical (unpaired) electrons. The van der Waals surface area contributed by atoms with E-state index in [0.29, 0.717) is 27.6 Å². The molecule has 1 saturated heterocycles. The van der Waals surface area contributed by atoms with Gasteiger partial charge in [-0.3, -0.25) is 14.5 Å². The number of benzene rings is 2. The molecule has 0 spiro atoms. The summed E-state index contributed by atoms with van der Waals surface area (Å²) in [5, 5.41) is 11.8. The summed E-state index contributed by atoms with van der Waals surface area (Å²) in [6, 6.07) is 13.4. The van der Waals surface area contributed by atoms with Crippen LogP contribution in [-0.4, -0.2) is 16.8 Å². The second kappa shape index (κ2) is 7.99. The highest BCUT2D eigenvalue weighted by Gasteiger charge is 2.48. The maximum atomic E-state index is 13.2. The summed E-state index contributed by atoms with van der Waals surface area (Å²) in [5.74, 6) is -1.28. The first kappa shape index (κ1) is 20.6. The smallest absolute Gasteiger partial charge is 0.300 e. The summed E-state index contributed by atoms with van der Waals surface area (Å²) in [6.07, 6.45) is 5.69. The Morgan fingerprint density at radius 3 is 2.59 bits per heavy atom. The first-order valence-corrected chi connectivity index (χ1v) is 11.1. The topological polar surface area (TPSA) is 70.8 Å². The van der Waals surface area contributed by atoms with E-state index in [0.717, 1.165) is 25.7 Å². The number of Topliss-reactive ketones (excluding diaryl/α,β-unsaturated/α-hetero) is 1. The van der Waals surface area contributed by atoms with Crippen LogP contribution in [0.3, 0.4) is 0 Å². The van der Waals surface area contributed by atoms with Gasteiger partial charge in [-0.2, -0.15) is 0 Å². The molecule has 1 fully saturated rings. The molecule has 6 heteroatoms. The number of aryl methyl sites for hydroxylation is 2. The summed E-state index contributed by atoms with van der Waals surface area (Å²) < 4.78 is 5.62. The lowest BCUT2D eigenvalue weighted by Gasteiger charge is -2.25. The van der Waals surface area contributed by atoms with Crippen molar-refractivity contribution in [2.75, 3.05) is 4.90 Å². The van der Waals surface area contributed by atoms with Gasteiger partial charge < -0.3 is 9.52 Å². The Kier molecular flexibility index (Phi) is 5.14. The maximum Gasteiger partial charge on any atom is 0.300 e. The van der Waals surface area contributed by atoms with Crippen LogP contribution < -0.4 is 4.90 Å². The van der Waals surface area contributed by atoms with Gasteiger partial charge in [0.1, 0.15) is 17.6 Å². The largest absolute Gasteiger partial charge is 0.507 e. The highest BCUT2D eigenvalue weighted by Crippen LogP contribution is 2.44. The van der Waals surface area contributed by atoms with Gasteiger partial charge in [0, 0.05) is 16.3 Å². The lowest BCUT2D eigenvalue weighted by atomic mass is 9.89. The van der Waals surface area contributed by atoms with Gasteiger partial charge in [-0.05, 0) is 79.6 Å². The molecule has 2 aromatic carbocycles. The van der Waals surface area contributed by atoms with Gasteiger partial charge in [0.05, 0.1) is 11.8 Å². The van der Waals surface area contributed by atoms with Crippen LogP contribution in [0, 0.1) is 6.92 Å². The number of aliphatic hydroxyl groups excluding tert-OH is 1. The number of ketones is 1. The number of fused-ring (bicyclic) bond motifs is 1. The number of rotatable bonds is 3. The quantitative estimate of drug-likeness (QED) is 0.315. The third-order valence-electron chi connectivity index (χ3n) is 6.38. The van der Waals surface area contributed by atoms with E-state index in [9.17, 15) is 14.7 Å². The third-order valence-corrected chi connectivity index (χ3v) is 6.79. The molecule has 32 heavy (non-hydrogen) atoms. The normalized spacial score (nSPS) is 19.9. The molecule has 1 aliphatic carbocycles. The second-order valence-electron chi connectivity index (χ2n) is 8.26. The van der Waals surface area contributed by atoms with E-state index >= 15 is 0 Å². The number of amides is 1. The number of carbonyl (C=O) groups excluding carboxylic acids is 2. The fourth-order valence-corrected chi connectivity index (χ4v) is 4.86. The second-order valence-corrected chi connectivity index (χ2v) is 8.67. The van der Waals surface area contributed by atoms with Gasteiger partial charge in [-0.1, -0.05) is 29.8 Å². The Hall–Kier alpha value is -3.31. The van der Waals surface area contributed by atoms with Gasteiger partial charge in [-0.25, -0.2) is 0 Å². The van der Waals surface area contributed by atoms with Crippen LogP contribution in [-0.2, 0) is 22.4 Å². The Bertz CT molecular complexity index is 1260. The van der Waals surface area contributed by atoms with E-state index < -0.39 is 17.7 Å². The molecule has 1 unspecified atom stereocenters. The van der Waals surface area contributed by atoms with Gasteiger partial charge in [0.2, 0.25) is 0 Å². The van der Waals surface area contributed by atoms with Crippen molar-refractivity contribution >= 4 is 34.7 Å². The van der Waals surface area contributed by atoms with Crippen molar-refractivity contribution in [2.24, 2.45) is 0 Å². The molecule has 162 valence electrons. The predicted molar refractivity (Wildman–Crippen MR) is 123 cm³/mol. The van der Waals surface area contributed by atoms with Gasteiger partial charge in [-0.15, -0.1) is 0 Å². The molecule has 1 aromatic heterocycles.